The third kappa shape index (κ3) is 4.67. The van der Waals surface area contributed by atoms with Crippen LogP contribution in [0.4, 0.5) is 11.4 Å². The predicted octanol–water partition coefficient (Wildman–Crippen LogP) is 2.14. The van der Waals surface area contributed by atoms with Gasteiger partial charge in [0.25, 0.3) is 5.69 Å². The second-order valence-corrected chi connectivity index (χ2v) is 7.18. The monoisotopic (exact) mass is 329 g/mol. The zero-order valence-electron chi connectivity index (χ0n) is 13.4. The molecule has 124 valence electrons. The van der Waals surface area contributed by atoms with E-state index in [-0.39, 0.29) is 16.6 Å². The van der Waals surface area contributed by atoms with Gasteiger partial charge in [0.2, 0.25) is 0 Å². The Hall–Kier alpha value is -1.67. The third-order valence-electron chi connectivity index (χ3n) is 3.62. The highest BCUT2D eigenvalue weighted by Gasteiger charge is 2.19. The molecule has 1 aromatic rings. The van der Waals surface area contributed by atoms with Gasteiger partial charge in [-0.25, -0.2) is 8.42 Å². The lowest BCUT2D eigenvalue weighted by Gasteiger charge is -2.26. The molecule has 0 spiro atoms. The molecule has 0 fully saturated rings. The van der Waals surface area contributed by atoms with Crippen LogP contribution in [0, 0.1) is 10.1 Å². The Morgan fingerprint density at radius 2 is 1.91 bits per heavy atom. The van der Waals surface area contributed by atoms with Crippen molar-refractivity contribution in [3.05, 3.63) is 28.3 Å². The van der Waals surface area contributed by atoms with Crippen LogP contribution in [0.2, 0.25) is 0 Å². The van der Waals surface area contributed by atoms with Gasteiger partial charge < -0.3 is 5.32 Å². The molecule has 0 bridgehead atoms. The summed E-state index contributed by atoms with van der Waals surface area (Å²) in [6.45, 7) is 8.49. The molecule has 0 aliphatic carbocycles. The molecule has 1 atom stereocenters. The first-order valence-electron chi connectivity index (χ1n) is 7.17. The number of nitrogens with zero attached hydrogens (tertiary/aromatic N) is 2. The van der Waals surface area contributed by atoms with E-state index in [1.165, 1.54) is 12.1 Å². The average molecular weight is 329 g/mol. The number of likely N-dealkylation sites (N-methyl/N-ethyl adjacent to an activating group) is 1. The highest BCUT2D eigenvalue weighted by molar-refractivity contribution is 7.90. The van der Waals surface area contributed by atoms with Crippen molar-refractivity contribution in [3.63, 3.8) is 0 Å². The fourth-order valence-electron chi connectivity index (χ4n) is 2.28. The smallest absolute Gasteiger partial charge is 0.293 e. The molecule has 0 aliphatic heterocycles. The van der Waals surface area contributed by atoms with E-state index in [0.717, 1.165) is 25.4 Å². The number of rotatable bonds is 8. The lowest BCUT2D eigenvalue weighted by Crippen LogP contribution is -2.37. The minimum atomic E-state index is -3.47. The Labute approximate surface area is 131 Å². The number of hydrogen-bond donors (Lipinski definition) is 1. The SMILES string of the molecule is CCN(CC)C(C)CNc1ccc(S(C)(=O)=O)cc1[N+](=O)[O-]. The molecule has 1 unspecified atom stereocenters. The molecule has 0 aliphatic rings. The van der Waals surface area contributed by atoms with Gasteiger partial charge in [-0.2, -0.15) is 0 Å². The maximum atomic E-state index is 11.5. The fraction of sp³-hybridized carbons (Fsp3) is 0.571. The van der Waals surface area contributed by atoms with Gasteiger partial charge in [0.1, 0.15) is 5.69 Å². The lowest BCUT2D eigenvalue weighted by molar-refractivity contribution is -0.384. The maximum absolute atomic E-state index is 11.5. The van der Waals surface area contributed by atoms with Crippen molar-refractivity contribution in [2.75, 3.05) is 31.2 Å². The second-order valence-electron chi connectivity index (χ2n) is 5.16. The van der Waals surface area contributed by atoms with E-state index in [1.807, 2.05) is 6.92 Å². The highest BCUT2D eigenvalue weighted by atomic mass is 32.2. The molecule has 1 rings (SSSR count). The van der Waals surface area contributed by atoms with Crippen LogP contribution in [-0.2, 0) is 9.84 Å². The molecule has 22 heavy (non-hydrogen) atoms. The van der Waals surface area contributed by atoms with Crippen LogP contribution in [0.25, 0.3) is 0 Å². The van der Waals surface area contributed by atoms with Crippen LogP contribution >= 0.6 is 0 Å². The first-order chi connectivity index (χ1) is 10.2. The normalized spacial score (nSPS) is 13.1. The van der Waals surface area contributed by atoms with E-state index in [1.54, 1.807) is 0 Å². The summed E-state index contributed by atoms with van der Waals surface area (Å²) in [7, 11) is -3.47. The van der Waals surface area contributed by atoms with Gasteiger partial charge in [-0.05, 0) is 32.1 Å². The number of sulfone groups is 1. The summed E-state index contributed by atoms with van der Waals surface area (Å²) < 4.78 is 23.0. The van der Waals surface area contributed by atoms with Crippen LogP contribution in [0.5, 0.6) is 0 Å². The molecule has 1 N–H and O–H groups in total. The zero-order chi connectivity index (χ0) is 16.9. The Morgan fingerprint density at radius 3 is 2.36 bits per heavy atom. The summed E-state index contributed by atoms with van der Waals surface area (Å²) in [5.74, 6) is 0. The topological polar surface area (TPSA) is 92.6 Å². The molecule has 0 amide bonds. The van der Waals surface area contributed by atoms with E-state index < -0.39 is 14.8 Å². The molecular formula is C14H23N3O4S. The average Bonchev–Trinajstić information content (AvgIpc) is 2.45. The van der Waals surface area contributed by atoms with E-state index in [4.69, 9.17) is 0 Å². The summed E-state index contributed by atoms with van der Waals surface area (Å²) in [4.78, 5) is 12.8. The van der Waals surface area contributed by atoms with Gasteiger partial charge in [0.15, 0.2) is 9.84 Å². The maximum Gasteiger partial charge on any atom is 0.293 e. The van der Waals surface area contributed by atoms with E-state index in [2.05, 4.69) is 24.1 Å². The first-order valence-corrected chi connectivity index (χ1v) is 9.06. The summed E-state index contributed by atoms with van der Waals surface area (Å²) in [5, 5.41) is 14.2. The van der Waals surface area contributed by atoms with Crippen LogP contribution in [-0.4, -0.2) is 50.2 Å². The second kappa shape index (κ2) is 7.55. The summed E-state index contributed by atoms with van der Waals surface area (Å²) in [6, 6.07) is 4.14. The van der Waals surface area contributed by atoms with Gasteiger partial charge in [-0.15, -0.1) is 0 Å². The van der Waals surface area contributed by atoms with Crippen molar-refractivity contribution in [2.24, 2.45) is 0 Å². The number of nitro benzene ring substituents is 1. The zero-order valence-corrected chi connectivity index (χ0v) is 14.2. The standard InChI is InChI=1S/C14H23N3O4S/c1-5-16(6-2)11(3)10-15-13-8-7-12(22(4,20)21)9-14(13)17(18)19/h7-9,11,15H,5-6,10H2,1-4H3. The van der Waals surface area contributed by atoms with Gasteiger partial charge in [-0.1, -0.05) is 13.8 Å². The quantitative estimate of drug-likeness (QED) is 0.580. The third-order valence-corrected chi connectivity index (χ3v) is 4.73. The van der Waals surface area contributed by atoms with E-state index in [0.29, 0.717) is 12.2 Å². The van der Waals surface area contributed by atoms with Crippen molar-refractivity contribution in [1.82, 2.24) is 4.90 Å². The molecule has 0 saturated heterocycles. The van der Waals surface area contributed by atoms with Crippen molar-refractivity contribution in [2.45, 2.75) is 31.7 Å². The minimum absolute atomic E-state index is 0.0541. The molecule has 7 nitrogen and oxygen atoms in total. The predicted molar refractivity (Wildman–Crippen MR) is 87.1 cm³/mol. The number of anilines is 1. The summed E-state index contributed by atoms with van der Waals surface area (Å²) in [6.07, 6.45) is 1.03. The van der Waals surface area contributed by atoms with Gasteiger partial charge in [0.05, 0.1) is 9.82 Å². The van der Waals surface area contributed by atoms with Crippen molar-refractivity contribution >= 4 is 21.2 Å². The Morgan fingerprint density at radius 1 is 1.32 bits per heavy atom. The van der Waals surface area contributed by atoms with Crippen molar-refractivity contribution in [1.29, 1.82) is 0 Å². The van der Waals surface area contributed by atoms with Crippen molar-refractivity contribution in [3.8, 4) is 0 Å². The highest BCUT2D eigenvalue weighted by Crippen LogP contribution is 2.27. The minimum Gasteiger partial charge on any atom is -0.378 e. The van der Waals surface area contributed by atoms with Gasteiger partial charge in [-0.3, -0.25) is 15.0 Å². The Bertz CT molecular complexity index is 627. The Balaban J connectivity index is 2.98. The van der Waals surface area contributed by atoms with Crippen molar-refractivity contribution < 1.29 is 13.3 Å². The van der Waals surface area contributed by atoms with Crippen LogP contribution in [0.3, 0.4) is 0 Å². The first kappa shape index (κ1) is 18.4. The van der Waals surface area contributed by atoms with E-state index in [9.17, 15) is 18.5 Å². The number of nitro groups is 1. The number of hydrogen-bond acceptors (Lipinski definition) is 6. The molecule has 0 radical (unpaired) electrons. The number of nitrogens with one attached hydrogen (secondary N) is 1. The fourth-order valence-corrected chi connectivity index (χ4v) is 2.92. The van der Waals surface area contributed by atoms with E-state index >= 15 is 0 Å². The molecule has 8 heteroatoms. The molecule has 0 heterocycles. The molecular weight excluding hydrogens is 306 g/mol. The largest absolute Gasteiger partial charge is 0.378 e. The Kier molecular flexibility index (Phi) is 6.31. The molecule has 1 aromatic carbocycles. The van der Waals surface area contributed by atoms with Crippen LogP contribution in [0.1, 0.15) is 20.8 Å². The summed E-state index contributed by atoms with van der Waals surface area (Å²) >= 11 is 0. The van der Waals surface area contributed by atoms with Crippen LogP contribution in [0.15, 0.2) is 23.1 Å². The summed E-state index contributed by atoms with van der Waals surface area (Å²) in [5.41, 5.74) is 0.103. The number of benzene rings is 1. The van der Waals surface area contributed by atoms with Gasteiger partial charge in [0, 0.05) is 24.9 Å². The lowest BCUT2D eigenvalue weighted by atomic mass is 10.2. The molecule has 0 aromatic heterocycles. The van der Waals surface area contributed by atoms with Gasteiger partial charge >= 0.3 is 0 Å². The molecule has 0 saturated carbocycles. The van der Waals surface area contributed by atoms with Crippen LogP contribution < -0.4 is 5.32 Å².